The van der Waals surface area contributed by atoms with E-state index in [0.717, 1.165) is 12.8 Å². The van der Waals surface area contributed by atoms with Crippen LogP contribution >= 0.6 is 0 Å². The maximum absolute atomic E-state index is 11.6. The Morgan fingerprint density at radius 1 is 1.59 bits per heavy atom. The lowest BCUT2D eigenvalue weighted by Gasteiger charge is -2.22. The zero-order chi connectivity index (χ0) is 12.8. The molecule has 4 N–H and O–H groups in total. The van der Waals surface area contributed by atoms with Crippen molar-refractivity contribution in [2.75, 3.05) is 0 Å². The third-order valence-corrected chi connectivity index (χ3v) is 2.68. The third-order valence-electron chi connectivity index (χ3n) is 2.68. The molecule has 0 saturated carbocycles. The van der Waals surface area contributed by atoms with Gasteiger partial charge in [-0.3, -0.25) is 19.7 Å². The summed E-state index contributed by atoms with van der Waals surface area (Å²) in [6.07, 6.45) is 2.54. The van der Waals surface area contributed by atoms with Crippen LogP contribution in [0, 0.1) is 0 Å². The summed E-state index contributed by atoms with van der Waals surface area (Å²) in [6.45, 7) is 2.00. The van der Waals surface area contributed by atoms with Crippen LogP contribution in [0.15, 0.2) is 0 Å². The predicted octanol–water partition coefficient (Wildman–Crippen LogP) is -0.575. The maximum atomic E-state index is 11.6. The van der Waals surface area contributed by atoms with E-state index < -0.39 is 11.9 Å². The standard InChI is InChI=1S/C11H19N3O3/c1-2-3-7(12)6-10(16)13-8-4-5-9(15)14-11(8)17/h7-8H,2-6,12H2,1H3,(H,13,16)(H,14,15,17). The van der Waals surface area contributed by atoms with Crippen molar-refractivity contribution in [2.45, 2.75) is 51.1 Å². The average molecular weight is 241 g/mol. The van der Waals surface area contributed by atoms with E-state index in [2.05, 4.69) is 10.6 Å². The van der Waals surface area contributed by atoms with E-state index >= 15 is 0 Å². The summed E-state index contributed by atoms with van der Waals surface area (Å²) in [5, 5.41) is 4.78. The molecule has 2 unspecified atom stereocenters. The fourth-order valence-corrected chi connectivity index (χ4v) is 1.80. The van der Waals surface area contributed by atoms with Crippen LogP contribution in [0.5, 0.6) is 0 Å². The third kappa shape index (κ3) is 4.52. The molecule has 3 amide bonds. The zero-order valence-electron chi connectivity index (χ0n) is 9.99. The minimum Gasteiger partial charge on any atom is -0.344 e. The molecular formula is C11H19N3O3. The van der Waals surface area contributed by atoms with Gasteiger partial charge in [0.05, 0.1) is 0 Å². The van der Waals surface area contributed by atoms with Crippen molar-refractivity contribution >= 4 is 17.7 Å². The van der Waals surface area contributed by atoms with Crippen LogP contribution < -0.4 is 16.4 Å². The van der Waals surface area contributed by atoms with Gasteiger partial charge in [-0.1, -0.05) is 13.3 Å². The molecule has 0 spiro atoms. The highest BCUT2D eigenvalue weighted by Crippen LogP contribution is 2.05. The second kappa shape index (κ2) is 6.34. The molecule has 6 heteroatoms. The van der Waals surface area contributed by atoms with Crippen LogP contribution in [-0.4, -0.2) is 29.8 Å². The highest BCUT2D eigenvalue weighted by atomic mass is 16.2. The molecular weight excluding hydrogens is 222 g/mol. The Morgan fingerprint density at radius 2 is 2.29 bits per heavy atom. The maximum Gasteiger partial charge on any atom is 0.249 e. The van der Waals surface area contributed by atoms with Crippen molar-refractivity contribution in [3.05, 3.63) is 0 Å². The monoisotopic (exact) mass is 241 g/mol. The van der Waals surface area contributed by atoms with Crippen molar-refractivity contribution in [2.24, 2.45) is 5.73 Å². The Labute approximate surface area is 100 Å². The number of hydrogen-bond donors (Lipinski definition) is 3. The number of nitrogens with one attached hydrogen (secondary N) is 2. The van der Waals surface area contributed by atoms with Gasteiger partial charge in [0.2, 0.25) is 17.7 Å². The topological polar surface area (TPSA) is 101 Å². The average Bonchev–Trinajstić information content (AvgIpc) is 2.22. The molecule has 1 fully saturated rings. The smallest absolute Gasteiger partial charge is 0.249 e. The molecule has 0 aromatic heterocycles. The molecule has 2 atom stereocenters. The molecule has 17 heavy (non-hydrogen) atoms. The molecule has 0 bridgehead atoms. The summed E-state index contributed by atoms with van der Waals surface area (Å²) in [6, 6.07) is -0.776. The number of nitrogens with two attached hydrogens (primary N) is 1. The van der Waals surface area contributed by atoms with Crippen molar-refractivity contribution in [1.29, 1.82) is 0 Å². The molecule has 0 radical (unpaired) electrons. The first-order chi connectivity index (χ1) is 8.02. The van der Waals surface area contributed by atoms with Crippen molar-refractivity contribution in [1.82, 2.24) is 10.6 Å². The van der Waals surface area contributed by atoms with Gasteiger partial charge in [0.15, 0.2) is 0 Å². The molecule has 96 valence electrons. The highest BCUT2D eigenvalue weighted by molar-refractivity contribution is 6.01. The Morgan fingerprint density at radius 3 is 2.88 bits per heavy atom. The van der Waals surface area contributed by atoms with Crippen molar-refractivity contribution in [3.63, 3.8) is 0 Å². The molecule has 0 aromatic carbocycles. The number of carbonyl (C=O) groups is 3. The summed E-state index contributed by atoms with van der Waals surface area (Å²) in [7, 11) is 0. The van der Waals surface area contributed by atoms with Crippen LogP contribution in [0.1, 0.15) is 39.0 Å². The number of piperidine rings is 1. The number of hydrogen-bond acceptors (Lipinski definition) is 4. The van der Waals surface area contributed by atoms with Gasteiger partial charge < -0.3 is 11.1 Å². The Balaban J connectivity index is 2.35. The van der Waals surface area contributed by atoms with Crippen LogP contribution in [0.4, 0.5) is 0 Å². The van der Waals surface area contributed by atoms with Crippen LogP contribution in [0.2, 0.25) is 0 Å². The molecule has 6 nitrogen and oxygen atoms in total. The van der Waals surface area contributed by atoms with Crippen molar-refractivity contribution < 1.29 is 14.4 Å². The van der Waals surface area contributed by atoms with Gasteiger partial charge in [0, 0.05) is 18.9 Å². The minimum absolute atomic E-state index is 0.173. The molecule has 1 aliphatic heterocycles. The fraction of sp³-hybridized carbons (Fsp3) is 0.727. The molecule has 1 rings (SSSR count). The summed E-state index contributed by atoms with van der Waals surface area (Å²) in [5.74, 6) is -0.956. The van der Waals surface area contributed by atoms with Gasteiger partial charge in [-0.2, -0.15) is 0 Å². The fourth-order valence-electron chi connectivity index (χ4n) is 1.80. The van der Waals surface area contributed by atoms with E-state index in [0.29, 0.717) is 6.42 Å². The Hall–Kier alpha value is -1.43. The number of rotatable bonds is 5. The van der Waals surface area contributed by atoms with Gasteiger partial charge in [-0.25, -0.2) is 0 Å². The predicted molar refractivity (Wildman–Crippen MR) is 61.8 cm³/mol. The summed E-state index contributed by atoms with van der Waals surface area (Å²) < 4.78 is 0. The van der Waals surface area contributed by atoms with E-state index in [9.17, 15) is 14.4 Å². The lowest BCUT2D eigenvalue weighted by Crippen LogP contribution is -2.52. The molecule has 1 heterocycles. The lowest BCUT2D eigenvalue weighted by atomic mass is 10.0. The van der Waals surface area contributed by atoms with Crippen LogP contribution in [-0.2, 0) is 14.4 Å². The number of amides is 3. The zero-order valence-corrected chi connectivity index (χ0v) is 9.99. The first-order valence-corrected chi connectivity index (χ1v) is 5.91. The highest BCUT2D eigenvalue weighted by Gasteiger charge is 2.27. The first-order valence-electron chi connectivity index (χ1n) is 5.91. The second-order valence-corrected chi connectivity index (χ2v) is 4.32. The lowest BCUT2D eigenvalue weighted by molar-refractivity contribution is -0.137. The van der Waals surface area contributed by atoms with Gasteiger partial charge in [0.1, 0.15) is 6.04 Å². The second-order valence-electron chi connectivity index (χ2n) is 4.32. The summed E-state index contributed by atoms with van der Waals surface area (Å²) in [5.41, 5.74) is 5.73. The van der Waals surface area contributed by atoms with Crippen LogP contribution in [0.3, 0.4) is 0 Å². The van der Waals surface area contributed by atoms with E-state index in [1.165, 1.54) is 0 Å². The van der Waals surface area contributed by atoms with E-state index in [4.69, 9.17) is 5.73 Å². The first kappa shape index (κ1) is 13.6. The molecule has 0 aromatic rings. The van der Waals surface area contributed by atoms with E-state index in [1.807, 2.05) is 6.92 Å². The molecule has 1 aliphatic rings. The normalized spacial score (nSPS) is 21.9. The van der Waals surface area contributed by atoms with Crippen LogP contribution in [0.25, 0.3) is 0 Å². The van der Waals surface area contributed by atoms with Gasteiger partial charge >= 0.3 is 0 Å². The molecule has 0 aliphatic carbocycles. The molecule has 1 saturated heterocycles. The largest absolute Gasteiger partial charge is 0.344 e. The summed E-state index contributed by atoms with van der Waals surface area (Å²) >= 11 is 0. The quantitative estimate of drug-likeness (QED) is 0.561. The SMILES string of the molecule is CCCC(N)CC(=O)NC1CCC(=O)NC1=O. The van der Waals surface area contributed by atoms with E-state index in [1.54, 1.807) is 0 Å². The summed E-state index contributed by atoms with van der Waals surface area (Å²) in [4.78, 5) is 33.8. The van der Waals surface area contributed by atoms with Gasteiger partial charge in [0.25, 0.3) is 0 Å². The number of carbonyl (C=O) groups excluding carboxylic acids is 3. The minimum atomic E-state index is -0.603. The van der Waals surface area contributed by atoms with Crippen molar-refractivity contribution in [3.8, 4) is 0 Å². The Bertz CT molecular complexity index is 317. The van der Waals surface area contributed by atoms with E-state index in [-0.39, 0.29) is 30.7 Å². The Kier molecular flexibility index (Phi) is 5.09. The van der Waals surface area contributed by atoms with Gasteiger partial charge in [-0.15, -0.1) is 0 Å². The number of imide groups is 1. The van der Waals surface area contributed by atoms with Gasteiger partial charge in [-0.05, 0) is 12.8 Å².